The topological polar surface area (TPSA) is 53.7 Å². The van der Waals surface area contributed by atoms with Crippen LogP contribution in [0.25, 0.3) is 5.65 Å². The molecule has 0 radical (unpaired) electrons. The average molecular weight is 363 g/mol. The summed E-state index contributed by atoms with van der Waals surface area (Å²) in [6.45, 7) is 9.27. The quantitative estimate of drug-likeness (QED) is 0.718. The van der Waals surface area contributed by atoms with Crippen LogP contribution in [-0.4, -0.2) is 51.4 Å². The van der Waals surface area contributed by atoms with E-state index in [1.807, 2.05) is 54.6 Å². The molecule has 0 saturated carbocycles. The van der Waals surface area contributed by atoms with Crippen molar-refractivity contribution in [2.75, 3.05) is 31.1 Å². The van der Waals surface area contributed by atoms with Gasteiger partial charge in [0.1, 0.15) is 5.65 Å². The highest BCUT2D eigenvalue weighted by atomic mass is 16.2. The SMILES string of the molecule is Cc1cc(N2CCN(C(=O)Cc3cnc4c(C)cccn34)CC2)cc(C)n1. The first-order valence-electron chi connectivity index (χ1n) is 9.41. The summed E-state index contributed by atoms with van der Waals surface area (Å²) in [4.78, 5) is 26.0. The molecule has 6 heteroatoms. The summed E-state index contributed by atoms with van der Waals surface area (Å²) in [5, 5.41) is 0. The summed E-state index contributed by atoms with van der Waals surface area (Å²) in [7, 11) is 0. The minimum Gasteiger partial charge on any atom is -0.368 e. The monoisotopic (exact) mass is 363 g/mol. The molecule has 0 spiro atoms. The first-order valence-corrected chi connectivity index (χ1v) is 9.41. The molecule has 1 aliphatic heterocycles. The number of fused-ring (bicyclic) bond motifs is 1. The van der Waals surface area contributed by atoms with Crippen molar-refractivity contribution in [3.05, 3.63) is 59.3 Å². The van der Waals surface area contributed by atoms with Gasteiger partial charge in [-0.25, -0.2) is 4.98 Å². The van der Waals surface area contributed by atoms with Gasteiger partial charge in [-0.05, 0) is 44.5 Å². The summed E-state index contributed by atoms with van der Waals surface area (Å²) < 4.78 is 2.02. The molecule has 0 bridgehead atoms. The van der Waals surface area contributed by atoms with E-state index < -0.39 is 0 Å². The van der Waals surface area contributed by atoms with Gasteiger partial charge in [0.05, 0.1) is 12.1 Å². The fraction of sp³-hybridized carbons (Fsp3) is 0.381. The van der Waals surface area contributed by atoms with Crippen LogP contribution in [-0.2, 0) is 11.2 Å². The molecule has 0 N–H and O–H groups in total. The van der Waals surface area contributed by atoms with Crippen molar-refractivity contribution >= 4 is 17.2 Å². The second-order valence-corrected chi connectivity index (χ2v) is 7.29. The lowest BCUT2D eigenvalue weighted by molar-refractivity contribution is -0.130. The Morgan fingerprint density at radius 2 is 1.78 bits per heavy atom. The van der Waals surface area contributed by atoms with Crippen molar-refractivity contribution < 1.29 is 4.79 Å². The molecule has 27 heavy (non-hydrogen) atoms. The minimum absolute atomic E-state index is 0.167. The molecule has 1 amide bonds. The van der Waals surface area contributed by atoms with Gasteiger partial charge in [0.2, 0.25) is 5.91 Å². The van der Waals surface area contributed by atoms with Crippen LogP contribution in [0, 0.1) is 20.8 Å². The van der Waals surface area contributed by atoms with Crippen LogP contribution in [0.1, 0.15) is 22.6 Å². The van der Waals surface area contributed by atoms with Gasteiger partial charge in [-0.3, -0.25) is 9.78 Å². The lowest BCUT2D eigenvalue weighted by Crippen LogP contribution is -2.49. The molecular formula is C21H25N5O. The average Bonchev–Trinajstić information content (AvgIpc) is 3.05. The molecule has 1 aliphatic rings. The zero-order valence-corrected chi connectivity index (χ0v) is 16.1. The Balaban J connectivity index is 1.42. The molecule has 4 heterocycles. The zero-order chi connectivity index (χ0) is 19.0. The van der Waals surface area contributed by atoms with Crippen molar-refractivity contribution in [2.24, 2.45) is 0 Å². The minimum atomic E-state index is 0.167. The van der Waals surface area contributed by atoms with E-state index in [1.165, 1.54) is 5.69 Å². The summed E-state index contributed by atoms with van der Waals surface area (Å²) in [6, 6.07) is 8.27. The van der Waals surface area contributed by atoms with Gasteiger partial charge in [0.15, 0.2) is 0 Å². The van der Waals surface area contributed by atoms with E-state index in [1.54, 1.807) is 0 Å². The standard InChI is InChI=1S/C21H25N5O/c1-15-5-4-6-26-19(14-22-21(15)26)13-20(27)25-9-7-24(8-10-25)18-11-16(2)23-17(3)12-18/h4-6,11-12,14H,7-10,13H2,1-3H3. The lowest BCUT2D eigenvalue weighted by Gasteiger charge is -2.36. The van der Waals surface area contributed by atoms with Crippen molar-refractivity contribution in [1.29, 1.82) is 0 Å². The number of pyridine rings is 2. The number of hydrogen-bond donors (Lipinski definition) is 0. The number of piperazine rings is 1. The van der Waals surface area contributed by atoms with E-state index in [0.717, 1.165) is 54.5 Å². The Labute approximate surface area is 159 Å². The van der Waals surface area contributed by atoms with Gasteiger partial charge in [0, 0.05) is 55.6 Å². The first-order chi connectivity index (χ1) is 13.0. The van der Waals surface area contributed by atoms with E-state index in [-0.39, 0.29) is 5.91 Å². The number of carbonyl (C=O) groups excluding carboxylic acids is 1. The molecule has 0 atom stereocenters. The molecule has 6 nitrogen and oxygen atoms in total. The summed E-state index contributed by atoms with van der Waals surface area (Å²) >= 11 is 0. The Morgan fingerprint density at radius 3 is 2.48 bits per heavy atom. The van der Waals surface area contributed by atoms with Gasteiger partial charge in [-0.2, -0.15) is 0 Å². The number of imidazole rings is 1. The van der Waals surface area contributed by atoms with Gasteiger partial charge in [-0.1, -0.05) is 6.07 Å². The fourth-order valence-electron chi connectivity index (χ4n) is 3.81. The lowest BCUT2D eigenvalue weighted by atomic mass is 10.2. The Kier molecular flexibility index (Phi) is 4.56. The third kappa shape index (κ3) is 3.52. The molecule has 1 fully saturated rings. The van der Waals surface area contributed by atoms with Crippen LogP contribution in [0.2, 0.25) is 0 Å². The van der Waals surface area contributed by atoms with Crippen LogP contribution < -0.4 is 4.90 Å². The van der Waals surface area contributed by atoms with E-state index in [0.29, 0.717) is 6.42 Å². The van der Waals surface area contributed by atoms with Gasteiger partial charge < -0.3 is 14.2 Å². The van der Waals surface area contributed by atoms with Crippen LogP contribution >= 0.6 is 0 Å². The number of anilines is 1. The van der Waals surface area contributed by atoms with Crippen molar-refractivity contribution in [2.45, 2.75) is 27.2 Å². The highest BCUT2D eigenvalue weighted by Gasteiger charge is 2.22. The van der Waals surface area contributed by atoms with Gasteiger partial charge in [-0.15, -0.1) is 0 Å². The second kappa shape index (κ2) is 7.02. The maximum atomic E-state index is 12.8. The van der Waals surface area contributed by atoms with Crippen LogP contribution in [0.3, 0.4) is 0 Å². The molecule has 0 unspecified atom stereocenters. The molecule has 0 aliphatic carbocycles. The maximum Gasteiger partial charge on any atom is 0.228 e. The number of aromatic nitrogens is 3. The largest absolute Gasteiger partial charge is 0.368 e. The van der Waals surface area contributed by atoms with Crippen LogP contribution in [0.15, 0.2) is 36.7 Å². The van der Waals surface area contributed by atoms with Crippen molar-refractivity contribution in [3.8, 4) is 0 Å². The van der Waals surface area contributed by atoms with Crippen molar-refractivity contribution in [1.82, 2.24) is 19.3 Å². The van der Waals surface area contributed by atoms with Crippen LogP contribution in [0.4, 0.5) is 5.69 Å². The fourth-order valence-corrected chi connectivity index (χ4v) is 3.81. The number of carbonyl (C=O) groups is 1. The molecule has 1 saturated heterocycles. The molecule has 3 aromatic rings. The Hall–Kier alpha value is -2.89. The Morgan fingerprint density at radius 1 is 1.07 bits per heavy atom. The number of nitrogens with zero attached hydrogens (tertiary/aromatic N) is 5. The molecule has 140 valence electrons. The molecular weight excluding hydrogens is 338 g/mol. The highest BCUT2D eigenvalue weighted by Crippen LogP contribution is 2.19. The van der Waals surface area contributed by atoms with Crippen LogP contribution in [0.5, 0.6) is 0 Å². The van der Waals surface area contributed by atoms with Crippen molar-refractivity contribution in [3.63, 3.8) is 0 Å². The second-order valence-electron chi connectivity index (χ2n) is 7.29. The van der Waals surface area contributed by atoms with E-state index in [9.17, 15) is 4.79 Å². The number of aryl methyl sites for hydroxylation is 3. The Bertz CT molecular complexity index is 965. The predicted octanol–water partition coefficient (Wildman–Crippen LogP) is 2.55. The number of hydrogen-bond acceptors (Lipinski definition) is 4. The maximum absolute atomic E-state index is 12.8. The first kappa shape index (κ1) is 17.5. The molecule has 4 rings (SSSR count). The summed E-state index contributed by atoms with van der Waals surface area (Å²) in [5.74, 6) is 0.167. The number of rotatable bonds is 3. The zero-order valence-electron chi connectivity index (χ0n) is 16.1. The third-order valence-electron chi connectivity index (χ3n) is 5.20. The molecule has 0 aromatic carbocycles. The van der Waals surface area contributed by atoms with E-state index in [2.05, 4.69) is 27.0 Å². The van der Waals surface area contributed by atoms with Gasteiger partial charge in [0.25, 0.3) is 0 Å². The van der Waals surface area contributed by atoms with E-state index >= 15 is 0 Å². The number of amides is 1. The smallest absolute Gasteiger partial charge is 0.228 e. The normalized spacial score (nSPS) is 14.8. The summed E-state index contributed by atoms with van der Waals surface area (Å²) in [5.41, 5.74) is 6.25. The van der Waals surface area contributed by atoms with E-state index in [4.69, 9.17) is 0 Å². The molecule has 3 aromatic heterocycles. The predicted molar refractivity (Wildman–Crippen MR) is 106 cm³/mol. The summed E-state index contributed by atoms with van der Waals surface area (Å²) in [6.07, 6.45) is 4.18. The van der Waals surface area contributed by atoms with Gasteiger partial charge >= 0.3 is 0 Å². The highest BCUT2D eigenvalue weighted by molar-refractivity contribution is 5.79. The third-order valence-corrected chi connectivity index (χ3v) is 5.20.